The number of benzene rings is 1. The van der Waals surface area contributed by atoms with Gasteiger partial charge in [0.1, 0.15) is 11.0 Å². The number of hydrogen-bond donors (Lipinski definition) is 1. The van der Waals surface area contributed by atoms with Crippen molar-refractivity contribution in [2.45, 2.75) is 12.6 Å². The fourth-order valence-corrected chi connectivity index (χ4v) is 1.80. The number of nitrogens with two attached hydrogens (primary N) is 1. The zero-order valence-corrected chi connectivity index (χ0v) is 9.89. The van der Waals surface area contributed by atoms with E-state index in [0.717, 1.165) is 12.1 Å². The highest BCUT2D eigenvalue weighted by Gasteiger charge is 2.30. The number of halogens is 4. The number of alkyl halides is 3. The summed E-state index contributed by atoms with van der Waals surface area (Å²) >= 11 is 5.86. The number of aromatic nitrogens is 2. The van der Waals surface area contributed by atoms with Crippen LogP contribution < -0.4 is 5.73 Å². The molecule has 18 heavy (non-hydrogen) atoms. The SMILES string of the molecule is NCCc1nc(Cl)c2cc(C(F)(F)F)ccc2n1. The highest BCUT2D eigenvalue weighted by molar-refractivity contribution is 6.34. The second-order valence-corrected chi connectivity index (χ2v) is 4.06. The summed E-state index contributed by atoms with van der Waals surface area (Å²) in [5.74, 6) is 0.426. The molecule has 1 heterocycles. The normalized spacial score (nSPS) is 12.1. The molecule has 0 aliphatic rings. The molecule has 1 aromatic carbocycles. The minimum absolute atomic E-state index is 0.00884. The molecular formula is C11H9ClF3N3. The molecule has 2 rings (SSSR count). The van der Waals surface area contributed by atoms with Crippen molar-refractivity contribution in [1.29, 1.82) is 0 Å². The van der Waals surface area contributed by atoms with Gasteiger partial charge in [0, 0.05) is 11.8 Å². The highest BCUT2D eigenvalue weighted by Crippen LogP contribution is 2.32. The van der Waals surface area contributed by atoms with Crippen LogP contribution in [0.15, 0.2) is 18.2 Å². The predicted molar refractivity (Wildman–Crippen MR) is 62.3 cm³/mol. The van der Waals surface area contributed by atoms with Gasteiger partial charge < -0.3 is 5.73 Å². The van der Waals surface area contributed by atoms with Crippen LogP contribution in [-0.2, 0) is 12.6 Å². The van der Waals surface area contributed by atoms with E-state index in [9.17, 15) is 13.2 Å². The molecule has 2 aromatic rings. The number of nitrogens with zero attached hydrogens (tertiary/aromatic N) is 2. The van der Waals surface area contributed by atoms with Crippen molar-refractivity contribution >= 4 is 22.5 Å². The van der Waals surface area contributed by atoms with Crippen molar-refractivity contribution in [3.63, 3.8) is 0 Å². The Kier molecular flexibility index (Phi) is 3.41. The topological polar surface area (TPSA) is 51.8 Å². The molecule has 2 N–H and O–H groups in total. The van der Waals surface area contributed by atoms with Crippen LogP contribution in [0.3, 0.4) is 0 Å². The molecular weight excluding hydrogens is 267 g/mol. The summed E-state index contributed by atoms with van der Waals surface area (Å²) in [4.78, 5) is 8.03. The van der Waals surface area contributed by atoms with E-state index in [1.54, 1.807) is 0 Å². The molecule has 1 aromatic heterocycles. The molecule has 0 radical (unpaired) electrons. The zero-order valence-electron chi connectivity index (χ0n) is 9.13. The van der Waals surface area contributed by atoms with Crippen LogP contribution in [0, 0.1) is 0 Å². The fourth-order valence-electron chi connectivity index (χ4n) is 1.55. The molecule has 96 valence electrons. The maximum atomic E-state index is 12.5. The van der Waals surface area contributed by atoms with Crippen LogP contribution in [-0.4, -0.2) is 16.5 Å². The van der Waals surface area contributed by atoms with Crippen molar-refractivity contribution < 1.29 is 13.2 Å². The van der Waals surface area contributed by atoms with Gasteiger partial charge in [-0.1, -0.05) is 11.6 Å². The van der Waals surface area contributed by atoms with Crippen molar-refractivity contribution in [2.75, 3.05) is 6.54 Å². The Bertz CT molecular complexity index is 583. The molecule has 0 atom stereocenters. The Morgan fingerprint density at radius 2 is 1.94 bits per heavy atom. The zero-order chi connectivity index (χ0) is 13.3. The van der Waals surface area contributed by atoms with Gasteiger partial charge in [-0.3, -0.25) is 0 Å². The van der Waals surface area contributed by atoms with Crippen LogP contribution in [0.5, 0.6) is 0 Å². The minimum Gasteiger partial charge on any atom is -0.330 e. The first-order valence-electron chi connectivity index (χ1n) is 5.15. The summed E-state index contributed by atoms with van der Waals surface area (Å²) in [5.41, 5.74) is 4.97. The Morgan fingerprint density at radius 3 is 2.56 bits per heavy atom. The van der Waals surface area contributed by atoms with Crippen LogP contribution >= 0.6 is 11.6 Å². The quantitative estimate of drug-likeness (QED) is 0.858. The van der Waals surface area contributed by atoms with E-state index in [0.29, 0.717) is 24.3 Å². The predicted octanol–water partition coefficient (Wildman–Crippen LogP) is 2.80. The van der Waals surface area contributed by atoms with Crippen molar-refractivity contribution in [2.24, 2.45) is 5.73 Å². The van der Waals surface area contributed by atoms with E-state index in [4.69, 9.17) is 17.3 Å². The summed E-state index contributed by atoms with van der Waals surface area (Å²) in [6, 6.07) is 3.20. The monoisotopic (exact) mass is 275 g/mol. The third kappa shape index (κ3) is 2.54. The summed E-state index contributed by atoms with van der Waals surface area (Å²) in [6.45, 7) is 0.350. The highest BCUT2D eigenvalue weighted by atomic mass is 35.5. The van der Waals surface area contributed by atoms with E-state index in [1.807, 2.05) is 0 Å². The lowest BCUT2D eigenvalue weighted by Crippen LogP contribution is -2.08. The van der Waals surface area contributed by atoms with E-state index in [2.05, 4.69) is 9.97 Å². The van der Waals surface area contributed by atoms with E-state index in [-0.39, 0.29) is 10.5 Å². The van der Waals surface area contributed by atoms with Crippen molar-refractivity contribution in [1.82, 2.24) is 9.97 Å². The molecule has 0 unspecified atom stereocenters. The van der Waals surface area contributed by atoms with Gasteiger partial charge in [0.05, 0.1) is 11.1 Å². The van der Waals surface area contributed by atoms with Crippen LogP contribution in [0.4, 0.5) is 13.2 Å². The fraction of sp³-hybridized carbons (Fsp3) is 0.273. The summed E-state index contributed by atoms with van der Waals surface area (Å²) < 4.78 is 37.6. The molecule has 3 nitrogen and oxygen atoms in total. The summed E-state index contributed by atoms with van der Waals surface area (Å²) in [5, 5.41) is 0.196. The van der Waals surface area contributed by atoms with E-state index < -0.39 is 11.7 Å². The lowest BCUT2D eigenvalue weighted by Gasteiger charge is -2.08. The second kappa shape index (κ2) is 4.70. The first kappa shape index (κ1) is 13.0. The lowest BCUT2D eigenvalue weighted by molar-refractivity contribution is -0.137. The average molecular weight is 276 g/mol. The molecule has 0 amide bonds. The summed E-state index contributed by atoms with van der Waals surface area (Å²) in [7, 11) is 0. The van der Waals surface area contributed by atoms with Gasteiger partial charge in [0.15, 0.2) is 0 Å². The number of hydrogen-bond acceptors (Lipinski definition) is 3. The van der Waals surface area contributed by atoms with Crippen LogP contribution in [0.1, 0.15) is 11.4 Å². The minimum atomic E-state index is -4.41. The molecule has 0 spiro atoms. The van der Waals surface area contributed by atoms with Gasteiger partial charge in [-0.25, -0.2) is 9.97 Å². The molecule has 0 fully saturated rings. The van der Waals surface area contributed by atoms with Crippen LogP contribution in [0.25, 0.3) is 10.9 Å². The van der Waals surface area contributed by atoms with Gasteiger partial charge in [0.2, 0.25) is 0 Å². The van der Waals surface area contributed by atoms with Crippen molar-refractivity contribution in [3.8, 4) is 0 Å². The Labute approximate surface area is 106 Å². The largest absolute Gasteiger partial charge is 0.416 e. The van der Waals surface area contributed by atoms with Gasteiger partial charge in [0.25, 0.3) is 0 Å². The van der Waals surface area contributed by atoms with Gasteiger partial charge >= 0.3 is 6.18 Å². The molecule has 0 saturated heterocycles. The third-order valence-corrected chi connectivity index (χ3v) is 2.68. The van der Waals surface area contributed by atoms with Gasteiger partial charge in [-0.15, -0.1) is 0 Å². The number of fused-ring (bicyclic) bond motifs is 1. The first-order chi connectivity index (χ1) is 8.41. The average Bonchev–Trinajstić information content (AvgIpc) is 2.27. The number of rotatable bonds is 2. The molecule has 0 aliphatic heterocycles. The van der Waals surface area contributed by atoms with Crippen molar-refractivity contribution in [3.05, 3.63) is 34.7 Å². The van der Waals surface area contributed by atoms with E-state index in [1.165, 1.54) is 6.07 Å². The molecule has 0 saturated carbocycles. The van der Waals surface area contributed by atoms with Crippen LogP contribution in [0.2, 0.25) is 5.15 Å². The van der Waals surface area contributed by atoms with Gasteiger partial charge in [-0.05, 0) is 24.7 Å². The third-order valence-electron chi connectivity index (χ3n) is 2.39. The lowest BCUT2D eigenvalue weighted by atomic mass is 10.1. The van der Waals surface area contributed by atoms with E-state index >= 15 is 0 Å². The first-order valence-corrected chi connectivity index (χ1v) is 5.53. The maximum absolute atomic E-state index is 12.5. The molecule has 0 aliphatic carbocycles. The molecule has 0 bridgehead atoms. The molecule has 7 heteroatoms. The van der Waals surface area contributed by atoms with Gasteiger partial charge in [-0.2, -0.15) is 13.2 Å². The second-order valence-electron chi connectivity index (χ2n) is 3.70. The standard InChI is InChI=1S/C11H9ClF3N3/c12-10-7-5-6(11(13,14)15)1-2-8(7)17-9(18-10)3-4-16/h1-2,5H,3-4,16H2. The Balaban J connectivity index is 2.58. The Hall–Kier alpha value is -1.40. The maximum Gasteiger partial charge on any atom is 0.416 e. The smallest absolute Gasteiger partial charge is 0.330 e. The Morgan fingerprint density at radius 1 is 1.22 bits per heavy atom. The summed E-state index contributed by atoms with van der Waals surface area (Å²) in [6.07, 6.45) is -3.98.